The van der Waals surface area contributed by atoms with Crippen molar-refractivity contribution in [1.82, 2.24) is 24.5 Å². The largest absolute Gasteiger partial charge is 0.507 e. The first-order chi connectivity index (χ1) is 17.9. The average Bonchev–Trinajstić information content (AvgIpc) is 3.42. The quantitative estimate of drug-likeness (QED) is 0.330. The van der Waals surface area contributed by atoms with E-state index in [0.29, 0.717) is 36.3 Å². The molecular weight excluding hydrogens is 464 g/mol. The number of aryl methyl sites for hydroxylation is 1. The molecule has 0 atom stereocenters. The molecular formula is C29H28N6O2. The van der Waals surface area contributed by atoms with Crippen molar-refractivity contribution in [3.05, 3.63) is 78.1 Å². The molecule has 0 unspecified atom stereocenters. The first kappa shape index (κ1) is 23.0. The summed E-state index contributed by atoms with van der Waals surface area (Å²) in [5, 5.41) is 13.9. The zero-order valence-corrected chi connectivity index (χ0v) is 21.1. The number of ether oxygens (including phenoxy) is 1. The molecule has 1 aliphatic heterocycles. The molecule has 0 radical (unpaired) electrons. The molecule has 2 aromatic carbocycles. The van der Waals surface area contributed by atoms with E-state index in [-0.39, 0.29) is 11.3 Å². The minimum Gasteiger partial charge on any atom is -0.507 e. The zero-order valence-electron chi connectivity index (χ0n) is 21.1. The molecule has 8 heteroatoms. The fourth-order valence-corrected chi connectivity index (χ4v) is 4.73. The lowest BCUT2D eigenvalue weighted by Crippen LogP contribution is -2.25. The highest BCUT2D eigenvalue weighted by Crippen LogP contribution is 2.37. The van der Waals surface area contributed by atoms with Crippen LogP contribution < -0.4 is 10.1 Å². The second kappa shape index (κ2) is 8.89. The van der Waals surface area contributed by atoms with E-state index in [1.807, 2.05) is 66.2 Å². The summed E-state index contributed by atoms with van der Waals surface area (Å²) in [6.07, 6.45) is 4.33. The van der Waals surface area contributed by atoms with Gasteiger partial charge in [0.25, 0.3) is 6.01 Å². The molecule has 3 aromatic heterocycles. The number of nitrogens with zero attached hydrogens (tertiary/aromatic N) is 5. The van der Waals surface area contributed by atoms with Gasteiger partial charge in [-0.3, -0.25) is 9.55 Å². The van der Waals surface area contributed by atoms with Crippen LogP contribution in [0, 0.1) is 6.92 Å². The lowest BCUT2D eigenvalue weighted by molar-refractivity contribution is 0.268. The highest BCUT2D eigenvalue weighted by atomic mass is 16.5. The molecule has 6 rings (SSSR count). The maximum Gasteiger partial charge on any atom is 0.299 e. The lowest BCUT2D eigenvalue weighted by atomic mass is 10.0. The van der Waals surface area contributed by atoms with E-state index in [1.165, 1.54) is 0 Å². The van der Waals surface area contributed by atoms with Crippen molar-refractivity contribution < 1.29 is 9.84 Å². The van der Waals surface area contributed by atoms with Gasteiger partial charge < -0.3 is 15.2 Å². The van der Waals surface area contributed by atoms with E-state index in [0.717, 1.165) is 39.9 Å². The average molecular weight is 493 g/mol. The highest BCUT2D eigenvalue weighted by Gasteiger charge is 2.36. The number of benzene rings is 2. The van der Waals surface area contributed by atoms with E-state index >= 15 is 0 Å². The Morgan fingerprint density at radius 2 is 1.84 bits per heavy atom. The monoisotopic (exact) mass is 492 g/mol. The Bertz CT molecular complexity index is 1610. The molecule has 4 heterocycles. The smallest absolute Gasteiger partial charge is 0.299 e. The fourth-order valence-electron chi connectivity index (χ4n) is 4.73. The molecule has 0 spiro atoms. The summed E-state index contributed by atoms with van der Waals surface area (Å²) in [5.74, 6) is 1.52. The van der Waals surface area contributed by atoms with Crippen LogP contribution in [0.15, 0.2) is 67.0 Å². The summed E-state index contributed by atoms with van der Waals surface area (Å²) < 4.78 is 7.93. The lowest BCUT2D eigenvalue weighted by Gasteiger charge is -2.18. The van der Waals surface area contributed by atoms with E-state index in [4.69, 9.17) is 19.7 Å². The number of hydrogen-bond acceptors (Lipinski definition) is 7. The number of anilines is 1. The SMILES string of the molecule is Cc1cncc(-c2nc(NCCc3ccc(O)c(-c4ccccc4)c3)c3nc4n(c3n2)C(C)(C)CO4)c1. The standard InChI is InChI=1S/C29H28N6O2/c1-18-13-21(16-30-15-18)25-33-26(24-27(34-25)35-28(32-24)37-17-29(35,2)3)31-12-11-19-9-10-23(36)22(14-19)20-7-5-4-6-8-20/h4-10,13-16,36H,11-12,17H2,1-3H3,(H,31,33,34). The van der Waals surface area contributed by atoms with E-state index in [2.05, 4.69) is 24.1 Å². The van der Waals surface area contributed by atoms with Gasteiger partial charge in [0.05, 0.1) is 5.54 Å². The third-order valence-corrected chi connectivity index (χ3v) is 6.62. The van der Waals surface area contributed by atoms with Crippen LogP contribution in [0.4, 0.5) is 5.82 Å². The molecule has 1 aliphatic rings. The summed E-state index contributed by atoms with van der Waals surface area (Å²) in [7, 11) is 0. The molecule has 2 N–H and O–H groups in total. The predicted molar refractivity (Wildman–Crippen MR) is 144 cm³/mol. The van der Waals surface area contributed by atoms with Crippen molar-refractivity contribution in [3.63, 3.8) is 0 Å². The van der Waals surface area contributed by atoms with Gasteiger partial charge in [0.15, 0.2) is 22.8 Å². The van der Waals surface area contributed by atoms with Gasteiger partial charge in [-0.05, 0) is 62.1 Å². The molecule has 0 saturated heterocycles. The summed E-state index contributed by atoms with van der Waals surface area (Å²) in [6.45, 7) is 7.40. The van der Waals surface area contributed by atoms with Crippen LogP contribution in [0.2, 0.25) is 0 Å². The van der Waals surface area contributed by atoms with E-state index < -0.39 is 0 Å². The van der Waals surface area contributed by atoms with Crippen molar-refractivity contribution in [1.29, 1.82) is 0 Å². The van der Waals surface area contributed by atoms with Crippen LogP contribution in [0.5, 0.6) is 11.8 Å². The first-order valence-electron chi connectivity index (χ1n) is 12.4. The number of phenolic OH excluding ortho intramolecular Hbond substituents is 1. The molecule has 0 bridgehead atoms. The summed E-state index contributed by atoms with van der Waals surface area (Å²) in [4.78, 5) is 18.8. The van der Waals surface area contributed by atoms with Gasteiger partial charge in [-0.15, -0.1) is 0 Å². The van der Waals surface area contributed by atoms with Crippen LogP contribution in [-0.4, -0.2) is 42.8 Å². The first-order valence-corrected chi connectivity index (χ1v) is 12.4. The van der Waals surface area contributed by atoms with Crippen LogP contribution in [-0.2, 0) is 12.0 Å². The normalized spacial score (nSPS) is 13.9. The zero-order chi connectivity index (χ0) is 25.6. The minimum absolute atomic E-state index is 0.266. The third kappa shape index (κ3) is 4.24. The Morgan fingerprint density at radius 1 is 1.00 bits per heavy atom. The molecule has 8 nitrogen and oxygen atoms in total. The topological polar surface area (TPSA) is 98.0 Å². The number of phenols is 1. The number of pyridine rings is 1. The van der Waals surface area contributed by atoms with Gasteiger partial charge in [0.1, 0.15) is 12.4 Å². The second-order valence-corrected chi connectivity index (χ2v) is 10.0. The Labute approximate surface area is 215 Å². The number of fused-ring (bicyclic) bond motifs is 3. The van der Waals surface area contributed by atoms with Crippen molar-refractivity contribution in [3.8, 4) is 34.3 Å². The number of rotatable bonds is 6. The molecule has 37 heavy (non-hydrogen) atoms. The van der Waals surface area contributed by atoms with Crippen molar-refractivity contribution >= 4 is 17.0 Å². The molecule has 0 fully saturated rings. The summed E-state index contributed by atoms with van der Waals surface area (Å²) >= 11 is 0. The van der Waals surface area contributed by atoms with Crippen molar-refractivity contribution in [2.24, 2.45) is 0 Å². The maximum atomic E-state index is 10.4. The molecule has 186 valence electrons. The van der Waals surface area contributed by atoms with Gasteiger partial charge in [-0.25, -0.2) is 9.97 Å². The number of hydrogen-bond donors (Lipinski definition) is 2. The van der Waals surface area contributed by atoms with Gasteiger partial charge >= 0.3 is 0 Å². The van der Waals surface area contributed by atoms with Crippen molar-refractivity contribution in [2.75, 3.05) is 18.5 Å². The Hall–Kier alpha value is -4.46. The second-order valence-electron chi connectivity index (χ2n) is 10.0. The van der Waals surface area contributed by atoms with Gasteiger partial charge in [-0.2, -0.15) is 4.98 Å². The van der Waals surface area contributed by atoms with Crippen molar-refractivity contribution in [2.45, 2.75) is 32.7 Å². The number of aromatic nitrogens is 5. The van der Waals surface area contributed by atoms with Gasteiger partial charge in [0, 0.05) is 30.1 Å². The van der Waals surface area contributed by atoms with Crippen LogP contribution in [0.25, 0.3) is 33.7 Å². The number of aromatic hydroxyl groups is 1. The summed E-state index contributed by atoms with van der Waals surface area (Å²) in [5.41, 5.74) is 5.96. The van der Waals surface area contributed by atoms with E-state index in [9.17, 15) is 5.11 Å². The van der Waals surface area contributed by atoms with E-state index in [1.54, 1.807) is 12.3 Å². The Kier molecular flexibility index (Phi) is 5.52. The van der Waals surface area contributed by atoms with Gasteiger partial charge in [0.2, 0.25) is 0 Å². The van der Waals surface area contributed by atoms with Crippen LogP contribution in [0.3, 0.4) is 0 Å². The number of imidazole rings is 1. The molecule has 0 saturated carbocycles. The Balaban J connectivity index is 1.33. The van der Waals surface area contributed by atoms with Gasteiger partial charge in [-0.1, -0.05) is 36.4 Å². The Morgan fingerprint density at radius 3 is 2.65 bits per heavy atom. The molecule has 5 aromatic rings. The maximum absolute atomic E-state index is 10.4. The fraction of sp³-hybridized carbons (Fsp3) is 0.241. The predicted octanol–water partition coefficient (Wildman–Crippen LogP) is 5.35. The van der Waals surface area contributed by atoms with Crippen LogP contribution >= 0.6 is 0 Å². The van der Waals surface area contributed by atoms with Crippen LogP contribution in [0.1, 0.15) is 25.0 Å². The molecule has 0 amide bonds. The molecule has 0 aliphatic carbocycles. The highest BCUT2D eigenvalue weighted by molar-refractivity contribution is 5.86. The summed E-state index contributed by atoms with van der Waals surface area (Å²) in [6, 6.07) is 18.2. The number of nitrogens with one attached hydrogen (secondary N) is 1. The minimum atomic E-state index is -0.266. The third-order valence-electron chi connectivity index (χ3n) is 6.62.